The summed E-state index contributed by atoms with van der Waals surface area (Å²) in [7, 11) is 0. The molecule has 0 saturated carbocycles. The maximum atomic E-state index is 11.2. The fourth-order valence-corrected chi connectivity index (χ4v) is 9.23. The Labute approximate surface area is 381 Å². The Bertz CT molecular complexity index is 3880. The molecule has 10 nitrogen and oxygen atoms in total. The van der Waals surface area contributed by atoms with E-state index in [1.54, 1.807) is 12.1 Å². The fourth-order valence-electron chi connectivity index (χ4n) is 9.23. The van der Waals surface area contributed by atoms with E-state index in [9.17, 15) is 25.5 Å². The maximum Gasteiger partial charge on any atom is 0.208 e. The first-order valence-electron chi connectivity index (χ1n) is 21.6. The number of hydrogen-bond acceptors (Lipinski definition) is 9. The minimum absolute atomic E-state index is 0.102. The van der Waals surface area contributed by atoms with Crippen molar-refractivity contribution >= 4 is 43.7 Å². The molecule has 12 aromatic rings. The number of aromatic hydroxyl groups is 5. The highest BCUT2D eigenvalue weighted by atomic mass is 16.4. The molecule has 0 radical (unpaired) electrons. The lowest BCUT2D eigenvalue weighted by atomic mass is 9.95. The van der Waals surface area contributed by atoms with E-state index in [2.05, 4.69) is 88.4 Å². The fraction of sp³-hybridized carbons (Fsp3) is 0. The third-order valence-electron chi connectivity index (χ3n) is 12.4. The predicted octanol–water partition coefficient (Wildman–Crippen LogP) is 13.4. The van der Waals surface area contributed by atoms with Crippen molar-refractivity contribution in [1.29, 1.82) is 0 Å². The lowest BCUT2D eigenvalue weighted by Gasteiger charge is -2.14. The van der Waals surface area contributed by atoms with Gasteiger partial charge in [-0.3, -0.25) is 0 Å². The molecule has 9 aromatic carbocycles. The molecular formula is C57H36N4O6. The Morgan fingerprint density at radius 1 is 0.343 bits per heavy atom. The van der Waals surface area contributed by atoms with Gasteiger partial charge in [0.1, 0.15) is 11.1 Å². The standard InChI is InChI=1S/C57H36N4O6/c62-48-47(49(63)51(65)52(66)50(48)64)57-59-55(35-21-11-4-12-22-35)58-56(60-57)42-31-37(33-17-7-2-8-18-33)30-41-46-38(34-19-9-3-10-20-34)26-28-45(54(46)67-53(41)42)61-43-24-14-13-23-39(43)40-29-36(25-27-44(40)61)32-15-5-1-6-16-32/h1-31,62-66H. The normalized spacial score (nSPS) is 11.6. The van der Waals surface area contributed by atoms with Gasteiger partial charge < -0.3 is 34.5 Å². The average molecular weight is 873 g/mol. The number of nitrogens with zero attached hydrogens (tertiary/aromatic N) is 4. The van der Waals surface area contributed by atoms with Crippen molar-refractivity contribution < 1.29 is 29.9 Å². The monoisotopic (exact) mass is 872 g/mol. The highest BCUT2D eigenvalue weighted by molar-refractivity contribution is 6.19. The predicted molar refractivity (Wildman–Crippen MR) is 262 cm³/mol. The third kappa shape index (κ3) is 6.30. The Kier molecular flexibility index (Phi) is 9.01. The lowest BCUT2D eigenvalue weighted by Crippen LogP contribution is -2.01. The molecule has 3 heterocycles. The van der Waals surface area contributed by atoms with E-state index in [1.165, 1.54) is 0 Å². The van der Waals surface area contributed by atoms with Crippen LogP contribution in [0.5, 0.6) is 28.7 Å². The van der Waals surface area contributed by atoms with Crippen molar-refractivity contribution in [2.45, 2.75) is 0 Å². The number of phenolic OH excluding ortho intramolecular Hbond substituents is 5. The van der Waals surface area contributed by atoms with Gasteiger partial charge in [-0.05, 0) is 69.8 Å². The molecule has 67 heavy (non-hydrogen) atoms. The van der Waals surface area contributed by atoms with Crippen molar-refractivity contribution in [2.24, 2.45) is 0 Å². The molecule has 0 spiro atoms. The van der Waals surface area contributed by atoms with Crippen LogP contribution in [0.25, 0.3) is 117 Å². The number of fused-ring (bicyclic) bond motifs is 6. The van der Waals surface area contributed by atoms with Crippen LogP contribution in [0.4, 0.5) is 0 Å². The molecule has 0 unspecified atom stereocenters. The van der Waals surface area contributed by atoms with Crippen molar-refractivity contribution in [3.05, 3.63) is 188 Å². The van der Waals surface area contributed by atoms with Gasteiger partial charge in [-0.25, -0.2) is 15.0 Å². The number of benzene rings is 9. The molecular weight excluding hydrogens is 837 g/mol. The summed E-state index contributed by atoms with van der Waals surface area (Å²) in [5.74, 6) is -5.10. The smallest absolute Gasteiger partial charge is 0.208 e. The highest BCUT2D eigenvalue weighted by Gasteiger charge is 2.29. The summed E-state index contributed by atoms with van der Waals surface area (Å²) < 4.78 is 9.55. The van der Waals surface area contributed by atoms with Gasteiger partial charge >= 0.3 is 0 Å². The molecule has 0 bridgehead atoms. The summed E-state index contributed by atoms with van der Waals surface area (Å²) >= 11 is 0. The van der Waals surface area contributed by atoms with Crippen LogP contribution in [0.2, 0.25) is 0 Å². The first-order chi connectivity index (χ1) is 32.8. The van der Waals surface area contributed by atoms with Crippen LogP contribution < -0.4 is 0 Å². The third-order valence-corrected chi connectivity index (χ3v) is 12.4. The SMILES string of the molecule is Oc1c(O)c(O)c(-c2nc(-c3ccccc3)nc(-c3cc(-c4ccccc4)cc4c3oc3c(-n5c6ccccc6c6cc(-c7ccccc7)ccc65)ccc(-c5ccccc5)c34)n2)c(O)c1O. The Hall–Kier alpha value is -9.41. The summed E-state index contributed by atoms with van der Waals surface area (Å²) in [6.45, 7) is 0. The van der Waals surface area contributed by atoms with Crippen LogP contribution in [-0.4, -0.2) is 45.1 Å². The van der Waals surface area contributed by atoms with Crippen LogP contribution in [-0.2, 0) is 0 Å². The summed E-state index contributed by atoms with van der Waals surface area (Å²) in [6, 6.07) is 62.7. The van der Waals surface area contributed by atoms with Crippen LogP contribution in [0.3, 0.4) is 0 Å². The van der Waals surface area contributed by atoms with Gasteiger partial charge in [-0.2, -0.15) is 0 Å². The van der Waals surface area contributed by atoms with Crippen LogP contribution in [0, 0.1) is 0 Å². The second kappa shape index (κ2) is 15.4. The zero-order chi connectivity index (χ0) is 45.3. The Morgan fingerprint density at radius 2 is 0.866 bits per heavy atom. The Balaban J connectivity index is 1.21. The number of rotatable bonds is 7. The highest BCUT2D eigenvalue weighted by Crippen LogP contribution is 2.54. The summed E-state index contributed by atoms with van der Waals surface area (Å²) in [6.07, 6.45) is 0. The topological polar surface area (TPSA) is 158 Å². The molecule has 10 heteroatoms. The van der Waals surface area contributed by atoms with Gasteiger partial charge in [-0.1, -0.05) is 152 Å². The number of aromatic nitrogens is 4. The lowest BCUT2D eigenvalue weighted by molar-refractivity contribution is 0.329. The summed E-state index contributed by atoms with van der Waals surface area (Å²) in [4.78, 5) is 14.5. The van der Waals surface area contributed by atoms with E-state index in [0.717, 1.165) is 71.6 Å². The summed E-state index contributed by atoms with van der Waals surface area (Å²) in [5, 5.41) is 57.9. The second-order valence-corrected chi connectivity index (χ2v) is 16.3. The molecule has 320 valence electrons. The van der Waals surface area contributed by atoms with E-state index < -0.39 is 34.3 Å². The maximum absolute atomic E-state index is 11.2. The molecule has 0 aliphatic carbocycles. The minimum Gasteiger partial charge on any atom is -0.504 e. The molecule has 0 saturated heterocycles. The van der Waals surface area contributed by atoms with Crippen molar-refractivity contribution in [2.75, 3.05) is 0 Å². The molecule has 0 fully saturated rings. The molecule has 0 amide bonds. The van der Waals surface area contributed by atoms with Gasteiger partial charge in [0.15, 0.2) is 34.6 Å². The summed E-state index contributed by atoms with van der Waals surface area (Å²) in [5.41, 5.74) is 10.3. The first-order valence-corrected chi connectivity index (χ1v) is 21.6. The number of phenols is 5. The van der Waals surface area contributed by atoms with Crippen LogP contribution >= 0.6 is 0 Å². The number of hydrogen-bond donors (Lipinski definition) is 5. The number of furan rings is 1. The van der Waals surface area contributed by atoms with Crippen LogP contribution in [0.1, 0.15) is 0 Å². The molecule has 0 aliphatic heterocycles. The first kappa shape index (κ1) is 39.2. The number of para-hydroxylation sites is 1. The van der Waals surface area contributed by atoms with E-state index in [0.29, 0.717) is 22.3 Å². The van der Waals surface area contributed by atoms with Crippen molar-refractivity contribution in [1.82, 2.24) is 19.5 Å². The zero-order valence-electron chi connectivity index (χ0n) is 35.3. The van der Waals surface area contributed by atoms with Gasteiger partial charge in [0.05, 0.1) is 22.3 Å². The van der Waals surface area contributed by atoms with Crippen molar-refractivity contribution in [3.63, 3.8) is 0 Å². The zero-order valence-corrected chi connectivity index (χ0v) is 35.3. The average Bonchev–Trinajstić information content (AvgIpc) is 3.94. The van der Waals surface area contributed by atoms with E-state index >= 15 is 0 Å². The van der Waals surface area contributed by atoms with Gasteiger partial charge in [0.25, 0.3) is 0 Å². The van der Waals surface area contributed by atoms with E-state index in [4.69, 9.17) is 14.4 Å². The molecule has 0 atom stereocenters. The van der Waals surface area contributed by atoms with E-state index in [1.807, 2.05) is 97.1 Å². The largest absolute Gasteiger partial charge is 0.504 e. The van der Waals surface area contributed by atoms with Crippen LogP contribution in [0.15, 0.2) is 192 Å². The minimum atomic E-state index is -1.10. The van der Waals surface area contributed by atoms with Gasteiger partial charge in [-0.15, -0.1) is 0 Å². The second-order valence-electron chi connectivity index (χ2n) is 16.3. The van der Waals surface area contributed by atoms with Gasteiger partial charge in [0.2, 0.25) is 17.2 Å². The van der Waals surface area contributed by atoms with Crippen molar-refractivity contribution in [3.8, 4) is 102 Å². The quantitative estimate of drug-likeness (QED) is 0.0776. The Morgan fingerprint density at radius 3 is 1.54 bits per heavy atom. The van der Waals surface area contributed by atoms with Gasteiger partial charge in [0, 0.05) is 27.1 Å². The molecule has 12 rings (SSSR count). The molecule has 3 aromatic heterocycles. The molecule has 5 N–H and O–H groups in total. The van der Waals surface area contributed by atoms with E-state index in [-0.39, 0.29) is 17.5 Å². The molecule has 0 aliphatic rings.